The van der Waals surface area contributed by atoms with E-state index >= 15 is 0 Å². The zero-order chi connectivity index (χ0) is 23.2. The van der Waals surface area contributed by atoms with Gasteiger partial charge in [-0.2, -0.15) is 0 Å². The number of nitrogens with zero attached hydrogens (tertiary/aromatic N) is 3. The number of carbonyl (C=O) groups is 1. The van der Waals surface area contributed by atoms with Crippen molar-refractivity contribution >= 4 is 5.91 Å². The van der Waals surface area contributed by atoms with E-state index in [1.54, 1.807) is 12.1 Å². The average molecular weight is 456 g/mol. The number of allylic oxidation sites excluding steroid dienone is 1. The number of unbranched alkanes of at least 4 members (excludes halogenated alkanes) is 11. The number of amides is 1. The van der Waals surface area contributed by atoms with Gasteiger partial charge in [0, 0.05) is 0 Å². The lowest BCUT2D eigenvalue weighted by atomic mass is 10.1. The maximum atomic E-state index is 12.6. The largest absolute Gasteiger partial charge is 0.483 e. The predicted molar refractivity (Wildman–Crippen MR) is 127 cm³/mol. The van der Waals surface area contributed by atoms with E-state index < -0.39 is 5.72 Å². The summed E-state index contributed by atoms with van der Waals surface area (Å²) in [6, 6.07) is 7.29. The summed E-state index contributed by atoms with van der Waals surface area (Å²) in [5, 5.41) is 16.7. The molecular formula is C25H37N5O3. The molecule has 1 unspecified atom stereocenters. The molecule has 0 saturated carbocycles. The highest BCUT2D eigenvalue weighted by Crippen LogP contribution is 2.37. The quantitative estimate of drug-likeness (QED) is 0.283. The van der Waals surface area contributed by atoms with Gasteiger partial charge in [0.05, 0.1) is 0 Å². The molecule has 0 aliphatic carbocycles. The van der Waals surface area contributed by atoms with Crippen LogP contribution in [-0.4, -0.2) is 33.1 Å². The minimum absolute atomic E-state index is 0.0546. The van der Waals surface area contributed by atoms with Crippen molar-refractivity contribution in [2.24, 2.45) is 0 Å². The first kappa shape index (κ1) is 24.7. The molecule has 180 valence electrons. The number of hydrogen-bond acceptors (Lipinski definition) is 6. The number of fused-ring (bicyclic) bond motifs is 1. The fourth-order valence-corrected chi connectivity index (χ4v) is 3.98. The number of hydrogen-bond donors (Lipinski definition) is 2. The monoisotopic (exact) mass is 455 g/mol. The van der Waals surface area contributed by atoms with Gasteiger partial charge in [-0.25, -0.2) is 5.10 Å². The normalized spacial score (nSPS) is 17.4. The molecular weight excluding hydrogens is 418 g/mol. The summed E-state index contributed by atoms with van der Waals surface area (Å²) in [5.74, 6) is 1.13. The zero-order valence-electron chi connectivity index (χ0n) is 19.7. The van der Waals surface area contributed by atoms with Crippen LogP contribution in [0.25, 0.3) is 0 Å². The number of aromatic nitrogens is 4. The Morgan fingerprint density at radius 3 is 2.36 bits per heavy atom. The molecule has 2 heterocycles. The number of tetrazole rings is 1. The molecule has 1 aromatic carbocycles. The summed E-state index contributed by atoms with van der Waals surface area (Å²) in [7, 11) is 0. The van der Waals surface area contributed by atoms with Gasteiger partial charge in [0.25, 0.3) is 5.72 Å². The van der Waals surface area contributed by atoms with E-state index in [0.29, 0.717) is 11.5 Å². The van der Waals surface area contributed by atoms with Crippen molar-refractivity contribution in [1.29, 1.82) is 0 Å². The van der Waals surface area contributed by atoms with Gasteiger partial charge in [0.1, 0.15) is 0 Å². The van der Waals surface area contributed by atoms with Crippen LogP contribution in [-0.2, 0) is 10.5 Å². The Kier molecular flexibility index (Phi) is 10.2. The highest BCUT2D eigenvalue weighted by Gasteiger charge is 2.44. The van der Waals surface area contributed by atoms with Crippen LogP contribution in [0.5, 0.6) is 11.5 Å². The van der Waals surface area contributed by atoms with Crippen LogP contribution in [0, 0.1) is 0 Å². The average Bonchev–Trinajstić information content (AvgIpc) is 3.38. The number of nitrogens with one attached hydrogen (secondary N) is 2. The Labute approximate surface area is 196 Å². The Bertz CT molecular complexity index is 855. The zero-order valence-corrected chi connectivity index (χ0v) is 19.7. The van der Waals surface area contributed by atoms with Crippen LogP contribution in [0.1, 0.15) is 89.8 Å². The highest BCUT2D eigenvalue weighted by atomic mass is 16.6. The number of H-pyrrole nitrogens is 1. The van der Waals surface area contributed by atoms with Crippen molar-refractivity contribution in [3.63, 3.8) is 0 Å². The number of carbonyl (C=O) groups excluding carboxylic acids is 1. The van der Waals surface area contributed by atoms with Crippen molar-refractivity contribution in [2.45, 2.75) is 89.7 Å². The second-order valence-corrected chi connectivity index (χ2v) is 8.63. The lowest BCUT2D eigenvalue weighted by Crippen LogP contribution is -2.56. The van der Waals surface area contributed by atoms with Gasteiger partial charge in [-0.05, 0) is 41.5 Å². The van der Waals surface area contributed by atoms with Gasteiger partial charge in [0.15, 0.2) is 18.1 Å². The summed E-state index contributed by atoms with van der Waals surface area (Å²) in [5.41, 5.74) is -1.31. The van der Waals surface area contributed by atoms with E-state index in [0.717, 1.165) is 12.8 Å². The summed E-state index contributed by atoms with van der Waals surface area (Å²) in [4.78, 5) is 12.6. The molecule has 1 atom stereocenters. The van der Waals surface area contributed by atoms with Crippen molar-refractivity contribution in [1.82, 2.24) is 25.9 Å². The molecule has 8 heteroatoms. The first-order valence-corrected chi connectivity index (χ1v) is 12.4. The lowest BCUT2D eigenvalue weighted by molar-refractivity contribution is -0.127. The molecule has 1 aromatic heterocycles. The molecule has 0 saturated heterocycles. The minimum atomic E-state index is -1.31. The number of aromatic amines is 1. The Balaban J connectivity index is 1.36. The second kappa shape index (κ2) is 13.6. The van der Waals surface area contributed by atoms with Gasteiger partial charge < -0.3 is 14.8 Å². The van der Waals surface area contributed by atoms with Crippen LogP contribution in [0.15, 0.2) is 36.4 Å². The molecule has 2 N–H and O–H groups in total. The molecule has 1 aliphatic heterocycles. The third kappa shape index (κ3) is 7.87. The number of rotatable bonds is 15. The van der Waals surface area contributed by atoms with Gasteiger partial charge >= 0.3 is 0 Å². The fraction of sp³-hybridized carbons (Fsp3) is 0.600. The highest BCUT2D eigenvalue weighted by molar-refractivity contribution is 5.88. The van der Waals surface area contributed by atoms with Crippen LogP contribution < -0.4 is 14.8 Å². The maximum absolute atomic E-state index is 12.6. The Morgan fingerprint density at radius 1 is 1.03 bits per heavy atom. The van der Waals surface area contributed by atoms with Crippen molar-refractivity contribution < 1.29 is 14.3 Å². The van der Waals surface area contributed by atoms with Crippen molar-refractivity contribution in [3.05, 3.63) is 42.2 Å². The van der Waals surface area contributed by atoms with Gasteiger partial charge in [-0.1, -0.05) is 89.3 Å². The molecule has 0 bridgehead atoms. The van der Waals surface area contributed by atoms with Crippen LogP contribution >= 0.6 is 0 Å². The lowest BCUT2D eigenvalue weighted by Gasteiger charge is -2.36. The fourth-order valence-electron chi connectivity index (χ4n) is 3.98. The summed E-state index contributed by atoms with van der Waals surface area (Å²) in [6.07, 6.45) is 18.7. The van der Waals surface area contributed by atoms with E-state index in [1.807, 2.05) is 24.3 Å². The van der Waals surface area contributed by atoms with E-state index in [1.165, 1.54) is 64.2 Å². The molecule has 0 spiro atoms. The second-order valence-electron chi connectivity index (χ2n) is 8.63. The first-order chi connectivity index (χ1) is 16.2. The summed E-state index contributed by atoms with van der Waals surface area (Å²) >= 11 is 0. The number of benzene rings is 1. The third-order valence-electron chi connectivity index (χ3n) is 5.86. The molecule has 0 radical (unpaired) electrons. The third-order valence-corrected chi connectivity index (χ3v) is 5.86. The molecule has 8 nitrogen and oxygen atoms in total. The van der Waals surface area contributed by atoms with E-state index in [4.69, 9.17) is 9.47 Å². The number of para-hydroxylation sites is 2. The molecule has 2 aromatic rings. The van der Waals surface area contributed by atoms with Gasteiger partial charge in [-0.15, -0.1) is 5.10 Å². The summed E-state index contributed by atoms with van der Waals surface area (Å²) < 4.78 is 11.9. The molecule has 1 amide bonds. The van der Waals surface area contributed by atoms with Crippen LogP contribution in [0.2, 0.25) is 0 Å². The molecule has 3 rings (SSSR count). The van der Waals surface area contributed by atoms with Gasteiger partial charge in [0.2, 0.25) is 11.7 Å². The van der Waals surface area contributed by atoms with Crippen molar-refractivity contribution in [2.75, 3.05) is 6.61 Å². The van der Waals surface area contributed by atoms with Crippen LogP contribution in [0.3, 0.4) is 0 Å². The van der Waals surface area contributed by atoms with Gasteiger partial charge in [-0.3, -0.25) is 4.79 Å². The van der Waals surface area contributed by atoms with Crippen LogP contribution in [0.4, 0.5) is 0 Å². The SMILES string of the molecule is CCCCCCCCCCCCCC=CC(=O)NC1(c2nnn[nH]2)COc2ccccc2O1. The van der Waals surface area contributed by atoms with E-state index in [2.05, 4.69) is 32.9 Å². The smallest absolute Gasteiger partial charge is 0.279 e. The Hall–Kier alpha value is -2.90. The topological polar surface area (TPSA) is 102 Å². The Morgan fingerprint density at radius 2 is 1.70 bits per heavy atom. The van der Waals surface area contributed by atoms with Crippen molar-refractivity contribution in [3.8, 4) is 11.5 Å². The van der Waals surface area contributed by atoms with E-state index in [9.17, 15) is 4.79 Å². The summed E-state index contributed by atoms with van der Waals surface area (Å²) in [6.45, 7) is 2.31. The first-order valence-electron chi connectivity index (χ1n) is 12.4. The molecule has 33 heavy (non-hydrogen) atoms. The molecule has 0 fully saturated rings. The van der Waals surface area contributed by atoms with E-state index in [-0.39, 0.29) is 18.3 Å². The predicted octanol–water partition coefficient (Wildman–Crippen LogP) is 5.20. The standard InChI is InChI=1S/C25H37N5O3/c1-2-3-4-5-6-7-8-9-10-11-12-13-14-19-23(31)26-25(24-27-29-30-28-24)20-32-21-17-15-16-18-22(21)33-25/h14-19H,2-13,20H2,1H3,(H,26,31)(H,27,28,29,30). The number of ether oxygens (including phenoxy) is 2. The maximum Gasteiger partial charge on any atom is 0.279 e. The molecule has 1 aliphatic rings. The minimum Gasteiger partial charge on any atom is -0.483 e.